The molecule has 1 heterocycles. The molecule has 0 spiro atoms. The summed E-state index contributed by atoms with van der Waals surface area (Å²) in [5.41, 5.74) is -0.00646. The molecule has 1 fully saturated rings. The topological polar surface area (TPSA) is 91.5 Å². The van der Waals surface area contributed by atoms with Crippen molar-refractivity contribution in [2.45, 2.75) is 38.1 Å². The highest BCUT2D eigenvalue weighted by atomic mass is 16.6. The Balaban J connectivity index is 2.39. The SMILES string of the molecule is CNc1ccc([N+](=O)[O-])c(N(CCO)C2CCCCC2)n1. The largest absolute Gasteiger partial charge is 0.395 e. The summed E-state index contributed by atoms with van der Waals surface area (Å²) < 4.78 is 0. The Morgan fingerprint density at radius 3 is 2.71 bits per heavy atom. The third kappa shape index (κ3) is 3.60. The molecule has 0 radical (unpaired) electrons. The second-order valence-electron chi connectivity index (χ2n) is 5.26. The van der Waals surface area contributed by atoms with Crippen LogP contribution in [0.2, 0.25) is 0 Å². The van der Waals surface area contributed by atoms with E-state index in [1.807, 2.05) is 4.90 Å². The second kappa shape index (κ2) is 7.21. The third-order valence-electron chi connectivity index (χ3n) is 3.94. The summed E-state index contributed by atoms with van der Waals surface area (Å²) in [4.78, 5) is 17.1. The van der Waals surface area contributed by atoms with Crippen molar-refractivity contribution in [2.24, 2.45) is 0 Å². The van der Waals surface area contributed by atoms with Gasteiger partial charge in [0, 0.05) is 25.7 Å². The van der Waals surface area contributed by atoms with Crippen molar-refractivity contribution in [3.63, 3.8) is 0 Å². The minimum Gasteiger partial charge on any atom is -0.395 e. The quantitative estimate of drug-likeness (QED) is 0.617. The van der Waals surface area contributed by atoms with Crippen LogP contribution in [0, 0.1) is 10.1 Å². The molecule has 116 valence electrons. The van der Waals surface area contributed by atoms with Crippen LogP contribution in [0.25, 0.3) is 0 Å². The molecule has 21 heavy (non-hydrogen) atoms. The Hall–Kier alpha value is -1.89. The van der Waals surface area contributed by atoms with Crippen molar-refractivity contribution in [3.05, 3.63) is 22.2 Å². The average Bonchev–Trinajstić information content (AvgIpc) is 2.52. The lowest BCUT2D eigenvalue weighted by molar-refractivity contribution is -0.384. The molecule has 0 unspecified atom stereocenters. The molecule has 0 atom stereocenters. The smallest absolute Gasteiger partial charge is 0.311 e. The number of nitro groups is 1. The van der Waals surface area contributed by atoms with Crippen LogP contribution in [-0.2, 0) is 0 Å². The molecule has 2 rings (SSSR count). The monoisotopic (exact) mass is 294 g/mol. The Labute approximate surface area is 124 Å². The van der Waals surface area contributed by atoms with Crippen LogP contribution in [0.15, 0.2) is 12.1 Å². The fourth-order valence-corrected chi connectivity index (χ4v) is 2.90. The van der Waals surface area contributed by atoms with Gasteiger partial charge in [-0.2, -0.15) is 0 Å². The second-order valence-corrected chi connectivity index (χ2v) is 5.26. The van der Waals surface area contributed by atoms with Gasteiger partial charge in [-0.05, 0) is 18.9 Å². The minimum absolute atomic E-state index is 0.00646. The number of hydrogen-bond acceptors (Lipinski definition) is 6. The van der Waals surface area contributed by atoms with Crippen molar-refractivity contribution < 1.29 is 10.0 Å². The Kier molecular flexibility index (Phi) is 5.32. The standard InChI is InChI=1S/C14H22N4O3/c1-15-13-8-7-12(18(20)21)14(16-13)17(9-10-19)11-5-3-2-4-6-11/h7-8,11,19H,2-6,9-10H2,1H3,(H,15,16). The van der Waals surface area contributed by atoms with Crippen LogP contribution >= 0.6 is 0 Å². The molecule has 0 aliphatic heterocycles. The van der Waals surface area contributed by atoms with E-state index in [2.05, 4.69) is 10.3 Å². The van der Waals surface area contributed by atoms with Gasteiger partial charge in [0.2, 0.25) is 5.82 Å². The number of anilines is 2. The Bertz CT molecular complexity index is 489. The third-order valence-corrected chi connectivity index (χ3v) is 3.94. The van der Waals surface area contributed by atoms with Crippen molar-refractivity contribution >= 4 is 17.3 Å². The first-order valence-corrected chi connectivity index (χ1v) is 7.38. The number of nitrogens with one attached hydrogen (secondary N) is 1. The van der Waals surface area contributed by atoms with Crippen LogP contribution in [0.3, 0.4) is 0 Å². The van der Waals surface area contributed by atoms with Crippen molar-refractivity contribution in [2.75, 3.05) is 30.4 Å². The molecule has 1 aliphatic carbocycles. The minimum atomic E-state index is -0.408. The predicted octanol–water partition coefficient (Wildman–Crippen LogP) is 2.16. The normalized spacial score (nSPS) is 15.7. The molecule has 2 N–H and O–H groups in total. The molecule has 7 nitrogen and oxygen atoms in total. The predicted molar refractivity (Wildman–Crippen MR) is 81.7 cm³/mol. The Morgan fingerprint density at radius 2 is 2.14 bits per heavy atom. The highest BCUT2D eigenvalue weighted by Crippen LogP contribution is 2.33. The van der Waals surface area contributed by atoms with E-state index in [1.54, 1.807) is 13.1 Å². The van der Waals surface area contributed by atoms with Gasteiger partial charge in [0.1, 0.15) is 5.82 Å². The van der Waals surface area contributed by atoms with Crippen LogP contribution in [0.1, 0.15) is 32.1 Å². The fourth-order valence-electron chi connectivity index (χ4n) is 2.90. The van der Waals surface area contributed by atoms with Gasteiger partial charge in [-0.1, -0.05) is 19.3 Å². The number of hydrogen-bond donors (Lipinski definition) is 2. The number of rotatable bonds is 6. The molecule has 0 bridgehead atoms. The molecule has 0 saturated heterocycles. The van der Waals surface area contributed by atoms with Gasteiger partial charge in [-0.25, -0.2) is 4.98 Å². The molecular formula is C14H22N4O3. The lowest BCUT2D eigenvalue weighted by Gasteiger charge is -2.34. The van der Waals surface area contributed by atoms with Gasteiger partial charge in [0.05, 0.1) is 11.5 Å². The van der Waals surface area contributed by atoms with Crippen molar-refractivity contribution in [3.8, 4) is 0 Å². The van der Waals surface area contributed by atoms with Crippen molar-refractivity contribution in [1.82, 2.24) is 4.98 Å². The first kappa shape index (κ1) is 15.5. The summed E-state index contributed by atoms with van der Waals surface area (Å²) in [6.45, 7) is 0.324. The number of pyridine rings is 1. The zero-order valence-electron chi connectivity index (χ0n) is 12.3. The zero-order chi connectivity index (χ0) is 15.2. The summed E-state index contributed by atoms with van der Waals surface area (Å²) in [6.07, 6.45) is 5.42. The molecule has 0 amide bonds. The molecule has 1 aromatic heterocycles. The van der Waals surface area contributed by atoms with Crippen LogP contribution in [-0.4, -0.2) is 41.3 Å². The lowest BCUT2D eigenvalue weighted by Crippen LogP contribution is -2.39. The summed E-state index contributed by atoms with van der Waals surface area (Å²) in [6, 6.07) is 3.28. The summed E-state index contributed by atoms with van der Waals surface area (Å²) in [5, 5.41) is 23.5. The molecule has 0 aromatic carbocycles. The van der Waals surface area contributed by atoms with E-state index in [0.29, 0.717) is 18.2 Å². The van der Waals surface area contributed by atoms with Gasteiger partial charge in [-0.15, -0.1) is 0 Å². The highest BCUT2D eigenvalue weighted by molar-refractivity contribution is 5.62. The van der Waals surface area contributed by atoms with Crippen molar-refractivity contribution in [1.29, 1.82) is 0 Å². The first-order chi connectivity index (χ1) is 10.2. The number of nitrogens with zero attached hydrogens (tertiary/aromatic N) is 3. The summed E-state index contributed by atoms with van der Waals surface area (Å²) in [7, 11) is 1.73. The molecule has 7 heteroatoms. The van der Waals surface area contributed by atoms with Crippen LogP contribution < -0.4 is 10.2 Å². The Morgan fingerprint density at radius 1 is 1.43 bits per heavy atom. The first-order valence-electron chi connectivity index (χ1n) is 7.38. The van der Waals surface area contributed by atoms with Crippen LogP contribution in [0.4, 0.5) is 17.3 Å². The van der Waals surface area contributed by atoms with Gasteiger partial charge < -0.3 is 15.3 Å². The van der Waals surface area contributed by atoms with Gasteiger partial charge >= 0.3 is 5.69 Å². The van der Waals surface area contributed by atoms with E-state index in [9.17, 15) is 15.2 Å². The molecule has 1 saturated carbocycles. The van der Waals surface area contributed by atoms with Gasteiger partial charge in [0.25, 0.3) is 0 Å². The molecular weight excluding hydrogens is 272 g/mol. The molecule has 1 aromatic rings. The fraction of sp³-hybridized carbons (Fsp3) is 0.643. The van der Waals surface area contributed by atoms with Gasteiger partial charge in [-0.3, -0.25) is 10.1 Å². The maximum atomic E-state index is 11.3. The van der Waals surface area contributed by atoms with Gasteiger partial charge in [0.15, 0.2) is 0 Å². The maximum absolute atomic E-state index is 11.3. The van der Waals surface area contributed by atoms with E-state index in [1.165, 1.54) is 12.5 Å². The van der Waals surface area contributed by atoms with Crippen LogP contribution in [0.5, 0.6) is 0 Å². The highest BCUT2D eigenvalue weighted by Gasteiger charge is 2.28. The van der Waals surface area contributed by atoms with E-state index in [4.69, 9.17) is 0 Å². The lowest BCUT2D eigenvalue weighted by atomic mass is 9.94. The summed E-state index contributed by atoms with van der Waals surface area (Å²) >= 11 is 0. The average molecular weight is 294 g/mol. The van der Waals surface area contributed by atoms with E-state index < -0.39 is 4.92 Å². The number of aromatic nitrogens is 1. The van der Waals surface area contributed by atoms with E-state index in [-0.39, 0.29) is 18.3 Å². The summed E-state index contributed by atoms with van der Waals surface area (Å²) in [5.74, 6) is 0.946. The number of aliphatic hydroxyl groups excluding tert-OH is 1. The van der Waals surface area contributed by atoms with E-state index in [0.717, 1.165) is 25.7 Å². The maximum Gasteiger partial charge on any atom is 0.311 e. The van der Waals surface area contributed by atoms with E-state index >= 15 is 0 Å². The molecule has 1 aliphatic rings. The number of aliphatic hydroxyl groups is 1. The zero-order valence-corrected chi connectivity index (χ0v) is 12.3.